The summed E-state index contributed by atoms with van der Waals surface area (Å²) in [6.07, 6.45) is 0. The summed E-state index contributed by atoms with van der Waals surface area (Å²) in [7, 11) is 0. The summed E-state index contributed by atoms with van der Waals surface area (Å²) in [6, 6.07) is 5.84. The van der Waals surface area contributed by atoms with Crippen molar-refractivity contribution in [3.05, 3.63) is 55.8 Å². The van der Waals surface area contributed by atoms with Crippen molar-refractivity contribution in [1.82, 2.24) is 0 Å². The third-order valence-corrected chi connectivity index (χ3v) is 4.09. The Morgan fingerprint density at radius 1 is 1.38 bits per heavy atom. The van der Waals surface area contributed by atoms with Crippen LogP contribution in [0, 0.1) is 24.0 Å². The van der Waals surface area contributed by atoms with Crippen molar-refractivity contribution < 1.29 is 9.72 Å². The van der Waals surface area contributed by atoms with E-state index in [9.17, 15) is 14.9 Å². The number of benzene rings is 1. The molecule has 1 aromatic heterocycles. The van der Waals surface area contributed by atoms with Crippen molar-refractivity contribution in [2.45, 2.75) is 19.9 Å². The number of carbonyl (C=O) groups is 1. The van der Waals surface area contributed by atoms with Crippen LogP contribution in [-0.2, 0) is 4.79 Å². The van der Waals surface area contributed by atoms with Crippen molar-refractivity contribution in [3.8, 4) is 0 Å². The van der Waals surface area contributed by atoms with E-state index in [0.29, 0.717) is 11.3 Å². The standard InChI is InChI=1S/C14H15N3O3S/c1-8-6-9(2)11(17(19)20)7-10(8)16-14(18)13(15)12-4-3-5-21-12/h3-7,13H,15H2,1-2H3,(H,16,18). The second-order valence-corrected chi connectivity index (χ2v) is 5.67. The van der Waals surface area contributed by atoms with E-state index < -0.39 is 16.9 Å². The number of carbonyl (C=O) groups excluding carboxylic acids is 1. The van der Waals surface area contributed by atoms with Gasteiger partial charge in [0.2, 0.25) is 5.91 Å². The summed E-state index contributed by atoms with van der Waals surface area (Å²) in [4.78, 5) is 23.4. The predicted molar refractivity (Wildman–Crippen MR) is 82.4 cm³/mol. The lowest BCUT2D eigenvalue weighted by Crippen LogP contribution is -2.27. The van der Waals surface area contributed by atoms with Gasteiger partial charge in [-0.15, -0.1) is 11.3 Å². The Morgan fingerprint density at radius 3 is 2.67 bits per heavy atom. The van der Waals surface area contributed by atoms with Gasteiger partial charge in [-0.2, -0.15) is 0 Å². The van der Waals surface area contributed by atoms with Crippen molar-refractivity contribution in [3.63, 3.8) is 0 Å². The van der Waals surface area contributed by atoms with Gasteiger partial charge in [0.05, 0.1) is 10.6 Å². The minimum Gasteiger partial charge on any atom is -0.324 e. The molecule has 0 radical (unpaired) electrons. The van der Waals surface area contributed by atoms with E-state index in [1.54, 1.807) is 26.0 Å². The molecule has 110 valence electrons. The lowest BCUT2D eigenvalue weighted by Gasteiger charge is -2.13. The van der Waals surface area contributed by atoms with Crippen molar-refractivity contribution in [1.29, 1.82) is 0 Å². The van der Waals surface area contributed by atoms with Gasteiger partial charge in [-0.1, -0.05) is 6.07 Å². The van der Waals surface area contributed by atoms with Gasteiger partial charge < -0.3 is 11.1 Å². The average molecular weight is 305 g/mol. The molecule has 0 spiro atoms. The van der Waals surface area contributed by atoms with Gasteiger partial charge in [0.1, 0.15) is 6.04 Å². The molecule has 0 saturated heterocycles. The van der Waals surface area contributed by atoms with Crippen LogP contribution in [0.2, 0.25) is 0 Å². The largest absolute Gasteiger partial charge is 0.324 e. The maximum absolute atomic E-state index is 12.1. The third-order valence-electron chi connectivity index (χ3n) is 3.13. The highest BCUT2D eigenvalue weighted by molar-refractivity contribution is 7.10. The normalized spacial score (nSPS) is 12.0. The number of amides is 1. The fraction of sp³-hybridized carbons (Fsp3) is 0.214. The zero-order valence-electron chi connectivity index (χ0n) is 11.6. The van der Waals surface area contributed by atoms with Crippen LogP contribution in [0.1, 0.15) is 22.0 Å². The SMILES string of the molecule is Cc1cc(C)c([N+](=O)[O-])cc1NC(=O)C(N)c1cccs1. The quantitative estimate of drug-likeness (QED) is 0.670. The minimum absolute atomic E-state index is 0.0272. The van der Waals surface area contributed by atoms with Crippen LogP contribution in [0.15, 0.2) is 29.6 Å². The van der Waals surface area contributed by atoms with Crippen LogP contribution in [-0.4, -0.2) is 10.8 Å². The van der Waals surface area contributed by atoms with Crippen molar-refractivity contribution >= 4 is 28.6 Å². The van der Waals surface area contributed by atoms with Crippen LogP contribution < -0.4 is 11.1 Å². The fourth-order valence-electron chi connectivity index (χ4n) is 1.98. The molecule has 2 aromatic rings. The maximum Gasteiger partial charge on any atom is 0.274 e. The topological polar surface area (TPSA) is 98.3 Å². The molecule has 1 atom stereocenters. The van der Waals surface area contributed by atoms with Gasteiger partial charge in [-0.25, -0.2) is 0 Å². The third kappa shape index (κ3) is 3.26. The number of hydrogen-bond donors (Lipinski definition) is 2. The molecule has 0 aliphatic rings. The molecule has 1 unspecified atom stereocenters. The van der Waals surface area contributed by atoms with E-state index in [1.807, 2.05) is 11.4 Å². The molecule has 0 aliphatic carbocycles. The Hall–Kier alpha value is -2.25. The van der Waals surface area contributed by atoms with E-state index in [0.717, 1.165) is 10.4 Å². The first-order valence-corrected chi connectivity index (χ1v) is 7.13. The fourth-order valence-corrected chi connectivity index (χ4v) is 2.71. The van der Waals surface area contributed by atoms with E-state index in [4.69, 9.17) is 5.73 Å². The highest BCUT2D eigenvalue weighted by Crippen LogP contribution is 2.27. The summed E-state index contributed by atoms with van der Waals surface area (Å²) in [6.45, 7) is 3.44. The molecule has 7 heteroatoms. The number of nitrogens with one attached hydrogen (secondary N) is 1. The second kappa shape index (κ2) is 6.02. The summed E-state index contributed by atoms with van der Waals surface area (Å²) in [5.74, 6) is -0.390. The van der Waals surface area contributed by atoms with Crippen molar-refractivity contribution in [2.24, 2.45) is 5.73 Å². The molecule has 1 amide bonds. The van der Waals surface area contributed by atoms with Crippen molar-refractivity contribution in [2.75, 3.05) is 5.32 Å². The van der Waals surface area contributed by atoms with Crippen LogP contribution in [0.25, 0.3) is 0 Å². The van der Waals surface area contributed by atoms with Crippen LogP contribution in [0.4, 0.5) is 11.4 Å². The second-order valence-electron chi connectivity index (χ2n) is 4.69. The lowest BCUT2D eigenvalue weighted by molar-refractivity contribution is -0.385. The van der Waals surface area contributed by atoms with Gasteiger partial charge in [0, 0.05) is 16.5 Å². The van der Waals surface area contributed by atoms with Gasteiger partial charge in [-0.3, -0.25) is 14.9 Å². The molecule has 0 fully saturated rings. The molecule has 0 bridgehead atoms. The Labute approximate surface area is 125 Å². The number of rotatable bonds is 4. The molecule has 6 nitrogen and oxygen atoms in total. The van der Waals surface area contributed by atoms with E-state index in [-0.39, 0.29) is 5.69 Å². The number of nitro benzene ring substituents is 1. The molecule has 0 aliphatic heterocycles. The van der Waals surface area contributed by atoms with E-state index in [2.05, 4.69) is 5.32 Å². The highest BCUT2D eigenvalue weighted by Gasteiger charge is 2.20. The summed E-state index contributed by atoms with van der Waals surface area (Å²) in [5, 5.41) is 15.5. The molecule has 0 saturated carbocycles. The number of nitrogens with two attached hydrogens (primary N) is 1. The molecule has 1 heterocycles. The highest BCUT2D eigenvalue weighted by atomic mass is 32.1. The Kier molecular flexibility index (Phi) is 4.35. The van der Waals surface area contributed by atoms with E-state index >= 15 is 0 Å². The summed E-state index contributed by atoms with van der Waals surface area (Å²) < 4.78 is 0. The first-order valence-electron chi connectivity index (χ1n) is 6.25. The first-order chi connectivity index (χ1) is 9.90. The summed E-state index contributed by atoms with van der Waals surface area (Å²) in [5.41, 5.74) is 7.56. The van der Waals surface area contributed by atoms with Gasteiger partial charge in [-0.05, 0) is 36.9 Å². The predicted octanol–water partition coefficient (Wildman–Crippen LogP) is 2.91. The Morgan fingerprint density at radius 2 is 2.10 bits per heavy atom. The van der Waals surface area contributed by atoms with Crippen LogP contribution in [0.3, 0.4) is 0 Å². The Bertz CT molecular complexity index is 683. The number of hydrogen-bond acceptors (Lipinski definition) is 5. The molecule has 21 heavy (non-hydrogen) atoms. The minimum atomic E-state index is -0.787. The Balaban J connectivity index is 2.25. The zero-order valence-corrected chi connectivity index (χ0v) is 12.4. The smallest absolute Gasteiger partial charge is 0.274 e. The first kappa shape index (κ1) is 15.1. The van der Waals surface area contributed by atoms with Crippen LogP contribution >= 0.6 is 11.3 Å². The molecule has 1 aromatic carbocycles. The number of anilines is 1. The van der Waals surface area contributed by atoms with E-state index in [1.165, 1.54) is 17.4 Å². The monoisotopic (exact) mass is 305 g/mol. The summed E-state index contributed by atoms with van der Waals surface area (Å²) >= 11 is 1.39. The average Bonchev–Trinajstić information content (AvgIpc) is 2.94. The molecular weight excluding hydrogens is 290 g/mol. The van der Waals surface area contributed by atoms with Gasteiger partial charge in [0.25, 0.3) is 5.69 Å². The molecule has 2 rings (SSSR count). The number of nitrogens with zero attached hydrogens (tertiary/aromatic N) is 1. The molecule has 3 N–H and O–H groups in total. The number of nitro groups is 1. The number of thiophene rings is 1. The number of aryl methyl sites for hydroxylation is 2. The zero-order chi connectivity index (χ0) is 15.6. The van der Waals surface area contributed by atoms with Gasteiger partial charge >= 0.3 is 0 Å². The van der Waals surface area contributed by atoms with Crippen LogP contribution in [0.5, 0.6) is 0 Å². The maximum atomic E-state index is 12.1. The van der Waals surface area contributed by atoms with Gasteiger partial charge in [0.15, 0.2) is 0 Å². The lowest BCUT2D eigenvalue weighted by atomic mass is 10.1. The molecular formula is C14H15N3O3S.